The molecule has 0 N–H and O–H groups in total. The molecule has 0 atom stereocenters. The SMILES string of the molecule is O=P(N1CC1)(N1CC1)C(F)(F)C(F)(F)C(F)(F)C(F)(F)C(F)(F)C(F)(F)C(F)(F)C(F)(F)C(F)(F)F. The predicted molar refractivity (Wildman–Crippen MR) is 76.4 cm³/mol. The van der Waals surface area contributed by atoms with Crippen molar-refractivity contribution in [1.82, 2.24) is 9.34 Å². The fourth-order valence-electron chi connectivity index (χ4n) is 2.70. The Balaban J connectivity index is 2.66. The third-order valence-electron chi connectivity index (χ3n) is 5.08. The molecule has 0 amide bonds. The molecule has 0 spiro atoms. The Bertz CT molecular complexity index is 903. The van der Waals surface area contributed by atoms with Crippen LogP contribution in [-0.4, -0.2) is 88.8 Å². The first-order valence-corrected chi connectivity index (χ1v) is 10.3. The smallest absolute Gasteiger partial charge is 0.282 e. The number of rotatable bonds is 10. The highest BCUT2D eigenvalue weighted by Gasteiger charge is 2.98. The fraction of sp³-hybridized carbons (Fsp3) is 1.00. The quantitative estimate of drug-likeness (QED) is 0.165. The molecule has 0 aromatic carbocycles. The highest BCUT2D eigenvalue weighted by molar-refractivity contribution is 7.61. The summed E-state index contributed by atoms with van der Waals surface area (Å²) < 4.78 is 266. The summed E-state index contributed by atoms with van der Waals surface area (Å²) >= 11 is 0. The molecule has 0 unspecified atom stereocenters. The molecule has 214 valence electrons. The van der Waals surface area contributed by atoms with E-state index in [4.69, 9.17) is 0 Å². The van der Waals surface area contributed by atoms with Gasteiger partial charge in [-0.1, -0.05) is 0 Å². The molecule has 2 saturated heterocycles. The molecule has 36 heavy (non-hydrogen) atoms. The van der Waals surface area contributed by atoms with Crippen LogP contribution in [0.5, 0.6) is 0 Å². The Labute approximate surface area is 185 Å². The summed E-state index contributed by atoms with van der Waals surface area (Å²) in [6.07, 6.45) is -7.92. The third kappa shape index (κ3) is 3.47. The normalized spacial score (nSPS) is 20.6. The van der Waals surface area contributed by atoms with Crippen LogP contribution < -0.4 is 0 Å². The van der Waals surface area contributed by atoms with Crippen LogP contribution in [-0.2, 0) is 4.57 Å². The minimum absolute atomic E-state index is 0.201. The van der Waals surface area contributed by atoms with E-state index in [1.54, 1.807) is 0 Å². The summed E-state index contributed by atoms with van der Waals surface area (Å²) in [5.41, 5.74) is -7.00. The van der Waals surface area contributed by atoms with Gasteiger partial charge in [0.1, 0.15) is 0 Å². The van der Waals surface area contributed by atoms with E-state index in [9.17, 15) is 88.0 Å². The standard InChI is InChI=1S/C13H8F19N2OP/c14-5(15,6(16,17)8(20,21)10(24,25)12(28,29)30)7(18,19)9(22,23)11(26,27)13(31,32)36(35,33-1-2-33)34-3-4-34/h1-4H2. The lowest BCUT2D eigenvalue weighted by molar-refractivity contribution is -0.466. The van der Waals surface area contributed by atoms with Gasteiger partial charge in [0.05, 0.1) is 0 Å². The molecule has 0 radical (unpaired) electrons. The van der Waals surface area contributed by atoms with E-state index < -0.39 is 86.9 Å². The van der Waals surface area contributed by atoms with Crippen LogP contribution in [0.2, 0.25) is 0 Å². The lowest BCUT2D eigenvalue weighted by Gasteiger charge is -2.44. The Morgan fingerprint density at radius 1 is 0.389 bits per heavy atom. The van der Waals surface area contributed by atoms with Gasteiger partial charge in [-0.05, 0) is 0 Å². The van der Waals surface area contributed by atoms with Crippen molar-refractivity contribution < 1.29 is 88.0 Å². The molecular formula is C13H8F19N2OP. The third-order valence-corrected chi connectivity index (χ3v) is 8.43. The molecule has 3 nitrogen and oxygen atoms in total. The van der Waals surface area contributed by atoms with E-state index >= 15 is 0 Å². The number of nitrogens with zero attached hydrogens (tertiary/aromatic N) is 2. The Kier molecular flexibility index (Phi) is 6.63. The minimum Gasteiger partial charge on any atom is -0.282 e. The van der Waals surface area contributed by atoms with E-state index in [-0.39, 0.29) is 9.34 Å². The molecule has 2 heterocycles. The van der Waals surface area contributed by atoms with Crippen LogP contribution in [0.15, 0.2) is 0 Å². The maximum absolute atomic E-state index is 14.4. The second kappa shape index (κ2) is 7.69. The van der Waals surface area contributed by atoms with Gasteiger partial charge >= 0.3 is 53.3 Å². The highest BCUT2D eigenvalue weighted by Crippen LogP contribution is 2.77. The van der Waals surface area contributed by atoms with Gasteiger partial charge in [0.15, 0.2) is 0 Å². The van der Waals surface area contributed by atoms with Gasteiger partial charge in [0.25, 0.3) is 7.44 Å². The first-order valence-electron chi connectivity index (χ1n) is 8.66. The summed E-state index contributed by atoms with van der Waals surface area (Å²) in [5.74, 6) is -60.6. The van der Waals surface area contributed by atoms with Crippen LogP contribution >= 0.6 is 7.44 Å². The molecule has 0 aromatic heterocycles. The Morgan fingerprint density at radius 3 is 0.833 bits per heavy atom. The number of alkyl halides is 19. The van der Waals surface area contributed by atoms with Gasteiger partial charge in [-0.2, -0.15) is 83.4 Å². The zero-order chi connectivity index (χ0) is 29.0. The number of hydrogen-bond donors (Lipinski definition) is 0. The highest BCUT2D eigenvalue weighted by atomic mass is 31.2. The van der Waals surface area contributed by atoms with Crippen LogP contribution in [0.1, 0.15) is 0 Å². The molecule has 2 fully saturated rings. The summed E-state index contributed by atoms with van der Waals surface area (Å²) in [5, 5.41) is 0. The minimum atomic E-state index is -8.98. The van der Waals surface area contributed by atoms with E-state index in [0.717, 1.165) is 0 Å². The molecule has 0 aromatic rings. The fourth-order valence-corrected chi connectivity index (χ4v) is 5.54. The Hall–Kier alpha value is -1.18. The maximum Gasteiger partial charge on any atom is 0.460 e. The topological polar surface area (TPSA) is 23.1 Å². The molecule has 0 bridgehead atoms. The van der Waals surface area contributed by atoms with Gasteiger partial charge in [-0.3, -0.25) is 4.57 Å². The lowest BCUT2D eigenvalue weighted by atomic mass is 9.89. The Morgan fingerprint density at radius 2 is 0.611 bits per heavy atom. The van der Waals surface area contributed by atoms with Crippen LogP contribution in [0, 0.1) is 0 Å². The largest absolute Gasteiger partial charge is 0.460 e. The van der Waals surface area contributed by atoms with Crippen molar-refractivity contribution in [3.05, 3.63) is 0 Å². The van der Waals surface area contributed by atoms with Gasteiger partial charge in [0.2, 0.25) is 0 Å². The molecule has 2 aliphatic heterocycles. The second-order valence-corrected chi connectivity index (χ2v) is 10.3. The van der Waals surface area contributed by atoms with Crippen LogP contribution in [0.3, 0.4) is 0 Å². The molecule has 0 saturated carbocycles. The number of hydrogen-bond acceptors (Lipinski definition) is 1. The van der Waals surface area contributed by atoms with Crippen LogP contribution in [0.25, 0.3) is 0 Å². The summed E-state index contributed by atoms with van der Waals surface area (Å²) in [7, 11) is -6.38. The second-order valence-electron chi connectivity index (χ2n) is 7.51. The zero-order valence-electron chi connectivity index (χ0n) is 16.3. The van der Waals surface area contributed by atoms with Crippen molar-refractivity contribution in [2.24, 2.45) is 0 Å². The lowest BCUT2D eigenvalue weighted by Crippen LogP contribution is -2.75. The molecule has 0 aliphatic carbocycles. The summed E-state index contributed by atoms with van der Waals surface area (Å²) in [4.78, 5) is 0. The van der Waals surface area contributed by atoms with E-state index in [0.29, 0.717) is 0 Å². The molecule has 2 rings (SSSR count). The van der Waals surface area contributed by atoms with Crippen molar-refractivity contribution in [2.45, 2.75) is 53.3 Å². The molecular weight excluding hydrogens is 592 g/mol. The van der Waals surface area contributed by atoms with E-state index in [1.165, 1.54) is 0 Å². The van der Waals surface area contributed by atoms with Gasteiger partial charge in [-0.25, -0.2) is 9.34 Å². The zero-order valence-corrected chi connectivity index (χ0v) is 17.2. The van der Waals surface area contributed by atoms with Gasteiger partial charge in [-0.15, -0.1) is 0 Å². The van der Waals surface area contributed by atoms with Crippen molar-refractivity contribution >= 4 is 7.44 Å². The van der Waals surface area contributed by atoms with E-state index in [1.807, 2.05) is 0 Å². The van der Waals surface area contributed by atoms with E-state index in [2.05, 4.69) is 0 Å². The van der Waals surface area contributed by atoms with Gasteiger partial charge in [0, 0.05) is 26.2 Å². The average Bonchev–Trinajstić information content (AvgIpc) is 3.57. The first-order chi connectivity index (χ1) is 15.5. The monoisotopic (exact) mass is 600 g/mol. The first kappa shape index (κ1) is 31.0. The van der Waals surface area contributed by atoms with Crippen molar-refractivity contribution in [3.63, 3.8) is 0 Å². The van der Waals surface area contributed by atoms with Gasteiger partial charge < -0.3 is 0 Å². The van der Waals surface area contributed by atoms with Crippen LogP contribution in [0.4, 0.5) is 83.4 Å². The van der Waals surface area contributed by atoms with Crippen molar-refractivity contribution in [3.8, 4) is 0 Å². The maximum atomic E-state index is 14.4. The summed E-state index contributed by atoms with van der Waals surface area (Å²) in [6, 6.07) is 0. The predicted octanol–water partition coefficient (Wildman–Crippen LogP) is 6.41. The molecule has 23 heteroatoms. The number of halogens is 19. The average molecular weight is 600 g/mol. The van der Waals surface area contributed by atoms with Crippen molar-refractivity contribution in [2.75, 3.05) is 26.2 Å². The summed E-state index contributed by atoms with van der Waals surface area (Å²) in [6.45, 7) is -3.30. The molecule has 2 aliphatic rings. The van der Waals surface area contributed by atoms with Crippen molar-refractivity contribution in [1.29, 1.82) is 0 Å².